The standard InChI is InChI=1S/C12H23N3O3/c1-10(12(16)14-2-5-17-6-3-14)15-4-7-18-9-11(15)8-13/h10-11H,2-9,13H2,1H3. The summed E-state index contributed by atoms with van der Waals surface area (Å²) in [5.41, 5.74) is 5.74. The zero-order valence-electron chi connectivity index (χ0n) is 11.0. The summed E-state index contributed by atoms with van der Waals surface area (Å²) in [6.07, 6.45) is 0. The predicted octanol–water partition coefficient (Wildman–Crippen LogP) is -1.11. The monoisotopic (exact) mass is 257 g/mol. The summed E-state index contributed by atoms with van der Waals surface area (Å²) >= 11 is 0. The SMILES string of the molecule is CC(C(=O)N1CCOCC1)N1CCOCC1CN. The van der Waals surface area contributed by atoms with Crippen LogP contribution in [0.15, 0.2) is 0 Å². The third-order valence-corrected chi connectivity index (χ3v) is 3.72. The molecule has 104 valence electrons. The first kappa shape index (κ1) is 13.7. The molecule has 0 spiro atoms. The second-order valence-corrected chi connectivity index (χ2v) is 4.82. The lowest BCUT2D eigenvalue weighted by Crippen LogP contribution is -2.58. The van der Waals surface area contributed by atoms with Crippen LogP contribution in [0, 0.1) is 0 Å². The molecular formula is C12H23N3O3. The van der Waals surface area contributed by atoms with Crippen LogP contribution in [0.1, 0.15) is 6.92 Å². The number of amides is 1. The molecule has 2 aliphatic rings. The van der Waals surface area contributed by atoms with Gasteiger partial charge in [0, 0.05) is 32.2 Å². The highest BCUT2D eigenvalue weighted by molar-refractivity contribution is 5.81. The van der Waals surface area contributed by atoms with Gasteiger partial charge in [-0.15, -0.1) is 0 Å². The Kier molecular flexibility index (Phi) is 4.94. The third kappa shape index (κ3) is 3.00. The van der Waals surface area contributed by atoms with E-state index in [4.69, 9.17) is 15.2 Å². The summed E-state index contributed by atoms with van der Waals surface area (Å²) in [5.74, 6) is 0.179. The van der Waals surface area contributed by atoms with E-state index in [0.29, 0.717) is 46.1 Å². The number of ether oxygens (including phenoxy) is 2. The van der Waals surface area contributed by atoms with Crippen LogP contribution in [0.2, 0.25) is 0 Å². The van der Waals surface area contributed by atoms with Crippen LogP contribution in [-0.4, -0.2) is 80.4 Å². The van der Waals surface area contributed by atoms with Crippen LogP contribution in [0.25, 0.3) is 0 Å². The second-order valence-electron chi connectivity index (χ2n) is 4.82. The normalized spacial score (nSPS) is 28.1. The largest absolute Gasteiger partial charge is 0.378 e. The molecule has 6 heteroatoms. The van der Waals surface area contributed by atoms with Crippen molar-refractivity contribution in [1.29, 1.82) is 0 Å². The molecular weight excluding hydrogens is 234 g/mol. The fourth-order valence-electron chi connectivity index (χ4n) is 2.57. The van der Waals surface area contributed by atoms with Crippen molar-refractivity contribution in [1.82, 2.24) is 9.80 Å². The van der Waals surface area contributed by atoms with Gasteiger partial charge in [0.15, 0.2) is 0 Å². The molecule has 18 heavy (non-hydrogen) atoms. The van der Waals surface area contributed by atoms with Crippen LogP contribution in [0.5, 0.6) is 0 Å². The molecule has 2 unspecified atom stereocenters. The van der Waals surface area contributed by atoms with E-state index in [-0.39, 0.29) is 18.0 Å². The summed E-state index contributed by atoms with van der Waals surface area (Å²) in [7, 11) is 0. The van der Waals surface area contributed by atoms with E-state index in [9.17, 15) is 4.79 Å². The molecule has 2 N–H and O–H groups in total. The molecule has 2 aliphatic heterocycles. The van der Waals surface area contributed by atoms with Crippen molar-refractivity contribution in [2.45, 2.75) is 19.0 Å². The van der Waals surface area contributed by atoms with Crippen LogP contribution in [0.3, 0.4) is 0 Å². The molecule has 6 nitrogen and oxygen atoms in total. The van der Waals surface area contributed by atoms with Gasteiger partial charge in [-0.3, -0.25) is 9.69 Å². The molecule has 0 bridgehead atoms. The zero-order chi connectivity index (χ0) is 13.0. The maximum atomic E-state index is 12.4. The van der Waals surface area contributed by atoms with Gasteiger partial charge in [0.2, 0.25) is 5.91 Å². The van der Waals surface area contributed by atoms with E-state index in [1.54, 1.807) is 0 Å². The van der Waals surface area contributed by atoms with Crippen LogP contribution in [0.4, 0.5) is 0 Å². The Balaban J connectivity index is 1.95. The number of hydrogen-bond acceptors (Lipinski definition) is 5. The topological polar surface area (TPSA) is 68.0 Å². The maximum Gasteiger partial charge on any atom is 0.239 e. The highest BCUT2D eigenvalue weighted by Gasteiger charge is 2.32. The quantitative estimate of drug-likeness (QED) is 0.694. The second kappa shape index (κ2) is 6.47. The van der Waals surface area contributed by atoms with Gasteiger partial charge in [-0.05, 0) is 6.92 Å². The van der Waals surface area contributed by atoms with Crippen molar-refractivity contribution in [2.75, 3.05) is 52.6 Å². The molecule has 2 heterocycles. The lowest BCUT2D eigenvalue weighted by Gasteiger charge is -2.40. The Labute approximate surface area is 108 Å². The molecule has 0 saturated carbocycles. The summed E-state index contributed by atoms with van der Waals surface area (Å²) in [6.45, 7) is 7.24. The summed E-state index contributed by atoms with van der Waals surface area (Å²) < 4.78 is 10.7. The van der Waals surface area contributed by atoms with Gasteiger partial charge in [0.05, 0.1) is 32.5 Å². The Bertz CT molecular complexity index is 282. The Morgan fingerprint density at radius 1 is 1.28 bits per heavy atom. The van der Waals surface area contributed by atoms with Gasteiger partial charge in [-0.1, -0.05) is 0 Å². The van der Waals surface area contributed by atoms with Gasteiger partial charge in [0.1, 0.15) is 0 Å². The Morgan fingerprint density at radius 2 is 1.94 bits per heavy atom. The van der Waals surface area contributed by atoms with Crippen molar-refractivity contribution in [3.05, 3.63) is 0 Å². The van der Waals surface area contributed by atoms with Crippen molar-refractivity contribution in [3.8, 4) is 0 Å². The van der Waals surface area contributed by atoms with Crippen molar-refractivity contribution >= 4 is 5.91 Å². The average Bonchev–Trinajstić information content (AvgIpc) is 2.46. The first-order valence-corrected chi connectivity index (χ1v) is 6.64. The summed E-state index contributed by atoms with van der Waals surface area (Å²) in [6, 6.07) is 0.0271. The van der Waals surface area contributed by atoms with Gasteiger partial charge in [-0.25, -0.2) is 0 Å². The lowest BCUT2D eigenvalue weighted by atomic mass is 10.1. The predicted molar refractivity (Wildman–Crippen MR) is 67.2 cm³/mol. The highest BCUT2D eigenvalue weighted by Crippen LogP contribution is 2.13. The van der Waals surface area contributed by atoms with E-state index in [0.717, 1.165) is 6.54 Å². The third-order valence-electron chi connectivity index (χ3n) is 3.72. The molecule has 2 fully saturated rings. The minimum atomic E-state index is -0.124. The fourth-order valence-corrected chi connectivity index (χ4v) is 2.57. The number of carbonyl (C=O) groups excluding carboxylic acids is 1. The molecule has 0 aromatic heterocycles. The highest BCUT2D eigenvalue weighted by atomic mass is 16.5. The minimum absolute atomic E-state index is 0.124. The van der Waals surface area contributed by atoms with Gasteiger partial charge < -0.3 is 20.1 Å². The van der Waals surface area contributed by atoms with E-state index in [2.05, 4.69) is 4.90 Å². The molecule has 1 amide bonds. The zero-order valence-corrected chi connectivity index (χ0v) is 11.0. The van der Waals surface area contributed by atoms with Crippen molar-refractivity contribution in [2.24, 2.45) is 5.73 Å². The first-order chi connectivity index (χ1) is 8.74. The fraction of sp³-hybridized carbons (Fsp3) is 0.917. The van der Waals surface area contributed by atoms with Gasteiger partial charge >= 0.3 is 0 Å². The van der Waals surface area contributed by atoms with E-state index in [1.807, 2.05) is 11.8 Å². The van der Waals surface area contributed by atoms with Gasteiger partial charge in [0.25, 0.3) is 0 Å². The smallest absolute Gasteiger partial charge is 0.239 e. The number of rotatable bonds is 3. The Morgan fingerprint density at radius 3 is 2.61 bits per heavy atom. The molecule has 0 radical (unpaired) electrons. The molecule has 2 saturated heterocycles. The number of morpholine rings is 2. The van der Waals surface area contributed by atoms with Crippen LogP contribution < -0.4 is 5.73 Å². The van der Waals surface area contributed by atoms with Crippen molar-refractivity contribution in [3.63, 3.8) is 0 Å². The van der Waals surface area contributed by atoms with E-state index >= 15 is 0 Å². The maximum absolute atomic E-state index is 12.4. The molecule has 0 aromatic rings. The number of carbonyl (C=O) groups is 1. The summed E-state index contributed by atoms with van der Waals surface area (Å²) in [4.78, 5) is 16.5. The molecule has 2 atom stereocenters. The number of nitrogens with two attached hydrogens (primary N) is 1. The Hall–Kier alpha value is -0.690. The molecule has 0 aromatic carbocycles. The lowest BCUT2D eigenvalue weighted by molar-refractivity contribution is -0.144. The summed E-state index contributed by atoms with van der Waals surface area (Å²) in [5, 5.41) is 0. The minimum Gasteiger partial charge on any atom is -0.378 e. The molecule has 2 rings (SSSR count). The number of nitrogens with zero attached hydrogens (tertiary/aromatic N) is 2. The average molecular weight is 257 g/mol. The van der Waals surface area contributed by atoms with Crippen LogP contribution >= 0.6 is 0 Å². The van der Waals surface area contributed by atoms with Crippen LogP contribution in [-0.2, 0) is 14.3 Å². The van der Waals surface area contributed by atoms with E-state index < -0.39 is 0 Å². The number of hydrogen-bond donors (Lipinski definition) is 1. The van der Waals surface area contributed by atoms with Crippen molar-refractivity contribution < 1.29 is 14.3 Å². The van der Waals surface area contributed by atoms with E-state index in [1.165, 1.54) is 0 Å². The van der Waals surface area contributed by atoms with Gasteiger partial charge in [-0.2, -0.15) is 0 Å². The first-order valence-electron chi connectivity index (χ1n) is 6.64. The molecule has 0 aliphatic carbocycles.